The third kappa shape index (κ3) is 3.81. The molecule has 1 fully saturated rings. The first kappa shape index (κ1) is 18.6. The Labute approximate surface area is 155 Å². The molecule has 0 saturated carbocycles. The van der Waals surface area contributed by atoms with E-state index in [0.717, 1.165) is 30.6 Å². The number of hydrogen-bond donors (Lipinski definition) is 0. The number of hydrogen-bond acceptors (Lipinski definition) is 4. The van der Waals surface area contributed by atoms with Crippen molar-refractivity contribution in [2.24, 2.45) is 0 Å². The highest BCUT2D eigenvalue weighted by molar-refractivity contribution is 6.02. The van der Waals surface area contributed by atoms with Gasteiger partial charge in [0.1, 0.15) is 0 Å². The van der Waals surface area contributed by atoms with Gasteiger partial charge in [0.2, 0.25) is 5.91 Å². The predicted octanol–water partition coefficient (Wildman–Crippen LogP) is 1.55. The van der Waals surface area contributed by atoms with Gasteiger partial charge in [0.05, 0.1) is 19.3 Å². The van der Waals surface area contributed by atoms with Gasteiger partial charge in [-0.1, -0.05) is 6.58 Å². The highest BCUT2D eigenvalue weighted by atomic mass is 16.5. The molecular formula is C20H27N3O3. The molecule has 0 aliphatic carbocycles. The smallest absolute Gasteiger partial charge is 0.254 e. The van der Waals surface area contributed by atoms with Crippen molar-refractivity contribution >= 4 is 17.5 Å². The van der Waals surface area contributed by atoms with Crippen LogP contribution in [-0.4, -0.2) is 74.6 Å². The second-order valence-electron chi connectivity index (χ2n) is 7.13. The van der Waals surface area contributed by atoms with Crippen molar-refractivity contribution < 1.29 is 14.3 Å². The fraction of sp³-hybridized carbons (Fsp3) is 0.500. The number of rotatable bonds is 4. The Morgan fingerprint density at radius 3 is 2.88 bits per heavy atom. The molecule has 0 spiro atoms. The van der Waals surface area contributed by atoms with E-state index in [0.29, 0.717) is 31.9 Å². The Morgan fingerprint density at radius 2 is 2.15 bits per heavy atom. The zero-order valence-electron chi connectivity index (χ0n) is 15.6. The maximum Gasteiger partial charge on any atom is 0.254 e. The van der Waals surface area contributed by atoms with Crippen molar-refractivity contribution in [3.05, 3.63) is 42.0 Å². The molecule has 0 bridgehead atoms. The van der Waals surface area contributed by atoms with Crippen LogP contribution in [0.25, 0.3) is 0 Å². The van der Waals surface area contributed by atoms with Crippen LogP contribution in [0, 0.1) is 0 Å². The van der Waals surface area contributed by atoms with Crippen LogP contribution in [0.5, 0.6) is 0 Å². The molecule has 1 aromatic carbocycles. The molecule has 2 amide bonds. The number of carbonyl (C=O) groups is 2. The van der Waals surface area contributed by atoms with Crippen molar-refractivity contribution in [3.63, 3.8) is 0 Å². The van der Waals surface area contributed by atoms with Crippen molar-refractivity contribution in [3.8, 4) is 0 Å². The van der Waals surface area contributed by atoms with E-state index >= 15 is 0 Å². The number of morpholine rings is 1. The Bertz CT molecular complexity index is 702. The minimum absolute atomic E-state index is 0.0371. The maximum atomic E-state index is 13.1. The third-order valence-electron chi connectivity index (χ3n) is 4.95. The largest absolute Gasteiger partial charge is 0.377 e. The van der Waals surface area contributed by atoms with Gasteiger partial charge in [0.25, 0.3) is 5.91 Å². The molecule has 1 atom stereocenters. The average Bonchev–Trinajstić information content (AvgIpc) is 2.66. The molecule has 6 nitrogen and oxygen atoms in total. The van der Waals surface area contributed by atoms with Crippen molar-refractivity contribution in [2.75, 3.05) is 51.8 Å². The van der Waals surface area contributed by atoms with Gasteiger partial charge in [-0.2, -0.15) is 0 Å². The fourth-order valence-corrected chi connectivity index (χ4v) is 3.73. The molecule has 2 aliphatic rings. The van der Waals surface area contributed by atoms with Crippen LogP contribution in [0.15, 0.2) is 30.9 Å². The summed E-state index contributed by atoms with van der Waals surface area (Å²) < 4.78 is 5.57. The topological polar surface area (TPSA) is 53.1 Å². The van der Waals surface area contributed by atoms with E-state index in [1.165, 1.54) is 6.08 Å². The summed E-state index contributed by atoms with van der Waals surface area (Å²) in [5.41, 5.74) is 2.63. The zero-order valence-corrected chi connectivity index (χ0v) is 15.6. The highest BCUT2D eigenvalue weighted by Crippen LogP contribution is 2.29. The molecule has 1 unspecified atom stereocenters. The standard InChI is InChI=1S/C20H27N3O3/c1-4-19(24)23-9-5-6-15-12-16(7-8-18(15)23)20(25)22-10-11-26-14-17(22)13-21(2)3/h4,7-8,12,17H,1,5-6,9-11,13-14H2,2-3H3. The molecular weight excluding hydrogens is 330 g/mol. The average molecular weight is 357 g/mol. The fourth-order valence-electron chi connectivity index (χ4n) is 3.73. The van der Waals surface area contributed by atoms with Crippen LogP contribution >= 0.6 is 0 Å². The van der Waals surface area contributed by atoms with Crippen LogP contribution in [0.2, 0.25) is 0 Å². The molecule has 0 N–H and O–H groups in total. The first-order valence-corrected chi connectivity index (χ1v) is 9.11. The highest BCUT2D eigenvalue weighted by Gasteiger charge is 2.29. The molecule has 0 radical (unpaired) electrons. The number of likely N-dealkylation sites (N-methyl/N-ethyl adjacent to an activating group) is 1. The summed E-state index contributed by atoms with van der Waals surface area (Å²) in [4.78, 5) is 30.9. The lowest BCUT2D eigenvalue weighted by atomic mass is 9.98. The molecule has 0 aromatic heterocycles. The van der Waals surface area contributed by atoms with E-state index in [2.05, 4.69) is 11.5 Å². The number of carbonyl (C=O) groups excluding carboxylic acids is 2. The molecule has 6 heteroatoms. The first-order valence-electron chi connectivity index (χ1n) is 9.11. The lowest BCUT2D eigenvalue weighted by molar-refractivity contribution is -0.114. The Morgan fingerprint density at radius 1 is 1.35 bits per heavy atom. The number of nitrogens with zero attached hydrogens (tertiary/aromatic N) is 3. The molecule has 26 heavy (non-hydrogen) atoms. The van der Waals surface area contributed by atoms with E-state index in [9.17, 15) is 9.59 Å². The number of aryl methyl sites for hydroxylation is 1. The SMILES string of the molecule is C=CC(=O)N1CCCc2cc(C(=O)N3CCOCC3CN(C)C)ccc21. The van der Waals surface area contributed by atoms with E-state index in [1.54, 1.807) is 4.90 Å². The summed E-state index contributed by atoms with van der Waals surface area (Å²) in [6.45, 7) is 6.79. The normalized spacial score (nSPS) is 20.0. The van der Waals surface area contributed by atoms with Crippen molar-refractivity contribution in [1.82, 2.24) is 9.80 Å². The van der Waals surface area contributed by atoms with E-state index in [-0.39, 0.29) is 17.9 Å². The molecule has 1 saturated heterocycles. The van der Waals surface area contributed by atoms with Gasteiger partial charge in [0, 0.05) is 30.9 Å². The molecule has 1 aromatic rings. The van der Waals surface area contributed by atoms with Gasteiger partial charge in [-0.3, -0.25) is 9.59 Å². The van der Waals surface area contributed by atoms with Crippen LogP contribution in [0.3, 0.4) is 0 Å². The van der Waals surface area contributed by atoms with Crippen LogP contribution < -0.4 is 4.90 Å². The summed E-state index contributed by atoms with van der Waals surface area (Å²) in [6, 6.07) is 5.73. The van der Waals surface area contributed by atoms with Gasteiger partial charge < -0.3 is 19.4 Å². The summed E-state index contributed by atoms with van der Waals surface area (Å²) in [7, 11) is 4.00. The number of benzene rings is 1. The Balaban J connectivity index is 1.84. The summed E-state index contributed by atoms with van der Waals surface area (Å²) >= 11 is 0. The van der Waals surface area contributed by atoms with Crippen LogP contribution in [0.1, 0.15) is 22.3 Å². The summed E-state index contributed by atoms with van der Waals surface area (Å²) in [6.07, 6.45) is 3.11. The molecule has 2 heterocycles. The number of fused-ring (bicyclic) bond motifs is 1. The van der Waals surface area contributed by atoms with Gasteiger partial charge in [-0.05, 0) is 56.8 Å². The second kappa shape index (κ2) is 8.01. The lowest BCUT2D eigenvalue weighted by Crippen LogP contribution is -2.52. The van der Waals surface area contributed by atoms with Gasteiger partial charge in [0.15, 0.2) is 0 Å². The minimum Gasteiger partial charge on any atom is -0.377 e. The van der Waals surface area contributed by atoms with E-state index < -0.39 is 0 Å². The number of amides is 2. The zero-order chi connectivity index (χ0) is 18.7. The Hall–Kier alpha value is -2.18. The van der Waals surface area contributed by atoms with Crippen LogP contribution in [0.4, 0.5) is 5.69 Å². The molecule has 2 aliphatic heterocycles. The summed E-state index contributed by atoms with van der Waals surface area (Å²) in [5, 5.41) is 0. The van der Waals surface area contributed by atoms with Crippen molar-refractivity contribution in [1.29, 1.82) is 0 Å². The molecule has 140 valence electrons. The van der Waals surface area contributed by atoms with E-state index in [1.807, 2.05) is 37.2 Å². The minimum atomic E-state index is -0.0933. The lowest BCUT2D eigenvalue weighted by Gasteiger charge is -2.37. The Kier molecular flexibility index (Phi) is 5.74. The second-order valence-corrected chi connectivity index (χ2v) is 7.13. The molecule has 3 rings (SSSR count). The quantitative estimate of drug-likeness (QED) is 0.768. The predicted molar refractivity (Wildman–Crippen MR) is 102 cm³/mol. The van der Waals surface area contributed by atoms with Gasteiger partial charge >= 0.3 is 0 Å². The van der Waals surface area contributed by atoms with Crippen LogP contribution in [-0.2, 0) is 16.0 Å². The van der Waals surface area contributed by atoms with Crippen molar-refractivity contribution in [2.45, 2.75) is 18.9 Å². The summed E-state index contributed by atoms with van der Waals surface area (Å²) in [5.74, 6) is -0.0561. The van der Waals surface area contributed by atoms with Gasteiger partial charge in [-0.15, -0.1) is 0 Å². The monoisotopic (exact) mass is 357 g/mol. The number of ether oxygens (including phenoxy) is 1. The number of anilines is 1. The third-order valence-corrected chi connectivity index (χ3v) is 4.95. The maximum absolute atomic E-state index is 13.1. The van der Waals surface area contributed by atoms with E-state index in [4.69, 9.17) is 4.74 Å². The van der Waals surface area contributed by atoms with Gasteiger partial charge in [-0.25, -0.2) is 0 Å². The first-order chi connectivity index (χ1) is 12.5.